The molecule has 0 saturated carbocycles. The summed E-state index contributed by atoms with van der Waals surface area (Å²) in [5.74, 6) is 0.839. The molecule has 4 nitrogen and oxygen atoms in total. The van der Waals surface area contributed by atoms with Crippen LogP contribution in [0, 0.1) is 6.92 Å². The monoisotopic (exact) mass is 265 g/mol. The second-order valence-corrected chi connectivity index (χ2v) is 4.54. The number of aromatic amines is 1. The number of hydrogen-bond acceptors (Lipinski definition) is 3. The Morgan fingerprint density at radius 3 is 2.85 bits per heavy atom. The van der Waals surface area contributed by atoms with Crippen LogP contribution in [0.1, 0.15) is 11.3 Å². The summed E-state index contributed by atoms with van der Waals surface area (Å²) in [6.07, 6.45) is 7.14. The van der Waals surface area contributed by atoms with Crippen molar-refractivity contribution in [1.29, 1.82) is 0 Å². The van der Waals surface area contributed by atoms with E-state index in [0.29, 0.717) is 6.61 Å². The zero-order valence-electron chi connectivity index (χ0n) is 11.2. The maximum atomic E-state index is 5.88. The zero-order valence-corrected chi connectivity index (χ0v) is 11.2. The molecule has 4 heteroatoms. The molecule has 2 aromatic heterocycles. The van der Waals surface area contributed by atoms with Crippen molar-refractivity contribution < 1.29 is 4.74 Å². The zero-order chi connectivity index (χ0) is 13.8. The number of H-pyrrole nitrogens is 1. The van der Waals surface area contributed by atoms with Gasteiger partial charge in [0.2, 0.25) is 0 Å². The number of imidazole rings is 1. The maximum Gasteiger partial charge on any atom is 0.132 e. The van der Waals surface area contributed by atoms with Crippen molar-refractivity contribution in [3.05, 3.63) is 66.5 Å². The van der Waals surface area contributed by atoms with Crippen molar-refractivity contribution in [3.63, 3.8) is 0 Å². The van der Waals surface area contributed by atoms with E-state index in [9.17, 15) is 0 Å². The molecule has 0 aliphatic rings. The minimum atomic E-state index is 0.444. The summed E-state index contributed by atoms with van der Waals surface area (Å²) in [5, 5.41) is 0. The van der Waals surface area contributed by atoms with Gasteiger partial charge in [0.05, 0.1) is 12.0 Å². The van der Waals surface area contributed by atoms with Gasteiger partial charge in [0.1, 0.15) is 12.4 Å². The van der Waals surface area contributed by atoms with E-state index in [4.69, 9.17) is 4.74 Å². The summed E-state index contributed by atoms with van der Waals surface area (Å²) in [7, 11) is 0. The van der Waals surface area contributed by atoms with E-state index < -0.39 is 0 Å². The maximum absolute atomic E-state index is 5.88. The molecule has 0 unspecified atom stereocenters. The Balaban J connectivity index is 1.90. The van der Waals surface area contributed by atoms with Crippen LogP contribution in [-0.2, 0) is 6.61 Å². The van der Waals surface area contributed by atoms with E-state index in [1.54, 1.807) is 12.5 Å². The first-order chi connectivity index (χ1) is 9.84. The first-order valence-electron chi connectivity index (χ1n) is 6.45. The van der Waals surface area contributed by atoms with Gasteiger partial charge < -0.3 is 9.72 Å². The van der Waals surface area contributed by atoms with Gasteiger partial charge in [0, 0.05) is 29.7 Å². The highest BCUT2D eigenvalue weighted by atomic mass is 16.5. The highest BCUT2D eigenvalue weighted by molar-refractivity contribution is 5.72. The van der Waals surface area contributed by atoms with Crippen molar-refractivity contribution in [3.8, 4) is 16.9 Å². The van der Waals surface area contributed by atoms with Crippen LogP contribution in [0.2, 0.25) is 0 Å². The first kappa shape index (κ1) is 12.4. The average molecular weight is 265 g/mol. The molecule has 0 bridgehead atoms. The smallest absolute Gasteiger partial charge is 0.132 e. The number of hydrogen-bond donors (Lipinski definition) is 1. The molecule has 0 atom stereocenters. The fourth-order valence-electron chi connectivity index (χ4n) is 2.08. The van der Waals surface area contributed by atoms with E-state index in [0.717, 1.165) is 22.6 Å². The van der Waals surface area contributed by atoms with Crippen LogP contribution in [0.3, 0.4) is 0 Å². The summed E-state index contributed by atoms with van der Waals surface area (Å²) in [6.45, 7) is 2.52. The predicted octanol–water partition coefficient (Wildman–Crippen LogP) is 3.36. The van der Waals surface area contributed by atoms with Crippen molar-refractivity contribution in [2.75, 3.05) is 0 Å². The SMILES string of the molecule is Cc1ccncc1-c1ccccc1OCc1c[nH]cn1. The van der Waals surface area contributed by atoms with Gasteiger partial charge in [-0.15, -0.1) is 0 Å². The summed E-state index contributed by atoms with van der Waals surface area (Å²) >= 11 is 0. The molecule has 20 heavy (non-hydrogen) atoms. The van der Waals surface area contributed by atoms with Gasteiger partial charge in [-0.1, -0.05) is 18.2 Å². The Morgan fingerprint density at radius 2 is 2.05 bits per heavy atom. The average Bonchev–Trinajstić information content (AvgIpc) is 2.99. The Bertz CT molecular complexity index is 692. The van der Waals surface area contributed by atoms with Crippen LogP contribution in [0.4, 0.5) is 0 Å². The van der Waals surface area contributed by atoms with Crippen LogP contribution in [0.5, 0.6) is 5.75 Å². The van der Waals surface area contributed by atoms with Crippen LogP contribution in [0.25, 0.3) is 11.1 Å². The van der Waals surface area contributed by atoms with E-state index in [1.165, 1.54) is 5.56 Å². The van der Waals surface area contributed by atoms with Crippen molar-refractivity contribution in [1.82, 2.24) is 15.0 Å². The number of nitrogens with zero attached hydrogens (tertiary/aromatic N) is 2. The minimum Gasteiger partial charge on any atom is -0.487 e. The van der Waals surface area contributed by atoms with Gasteiger partial charge >= 0.3 is 0 Å². The Kier molecular flexibility index (Phi) is 3.46. The number of ether oxygens (including phenoxy) is 1. The van der Waals surface area contributed by atoms with E-state index in [2.05, 4.69) is 21.9 Å². The molecule has 0 fully saturated rings. The fraction of sp³-hybridized carbons (Fsp3) is 0.125. The van der Waals surface area contributed by atoms with Gasteiger partial charge in [0.15, 0.2) is 0 Å². The van der Waals surface area contributed by atoms with Crippen LogP contribution < -0.4 is 4.74 Å². The summed E-state index contributed by atoms with van der Waals surface area (Å²) < 4.78 is 5.88. The molecule has 1 N–H and O–H groups in total. The van der Waals surface area contributed by atoms with E-state index >= 15 is 0 Å². The minimum absolute atomic E-state index is 0.444. The number of para-hydroxylation sites is 1. The van der Waals surface area contributed by atoms with Gasteiger partial charge in [-0.2, -0.15) is 0 Å². The largest absolute Gasteiger partial charge is 0.487 e. The normalized spacial score (nSPS) is 10.4. The van der Waals surface area contributed by atoms with E-state index in [-0.39, 0.29) is 0 Å². The Morgan fingerprint density at radius 1 is 1.15 bits per heavy atom. The molecule has 0 aliphatic carbocycles. The lowest BCUT2D eigenvalue weighted by molar-refractivity contribution is 0.303. The van der Waals surface area contributed by atoms with Gasteiger partial charge in [-0.25, -0.2) is 4.98 Å². The Hall–Kier alpha value is -2.62. The molecular formula is C16H15N3O. The summed E-state index contributed by atoms with van der Waals surface area (Å²) in [5.41, 5.74) is 4.19. The van der Waals surface area contributed by atoms with Crippen molar-refractivity contribution >= 4 is 0 Å². The molecule has 0 aliphatic heterocycles. The fourth-order valence-corrected chi connectivity index (χ4v) is 2.08. The first-order valence-corrected chi connectivity index (χ1v) is 6.45. The van der Waals surface area contributed by atoms with Gasteiger partial charge in [-0.05, 0) is 24.6 Å². The topological polar surface area (TPSA) is 50.8 Å². The third-order valence-electron chi connectivity index (χ3n) is 3.15. The lowest BCUT2D eigenvalue weighted by Crippen LogP contribution is -1.97. The number of rotatable bonds is 4. The van der Waals surface area contributed by atoms with Crippen LogP contribution in [-0.4, -0.2) is 15.0 Å². The molecule has 2 heterocycles. The van der Waals surface area contributed by atoms with Crippen LogP contribution >= 0.6 is 0 Å². The van der Waals surface area contributed by atoms with E-state index in [1.807, 2.05) is 42.7 Å². The van der Waals surface area contributed by atoms with Crippen molar-refractivity contribution in [2.24, 2.45) is 0 Å². The standard InChI is InChI=1S/C16H15N3O/c1-12-6-7-17-9-15(12)14-4-2-3-5-16(14)20-10-13-8-18-11-19-13/h2-9,11H,10H2,1H3,(H,18,19). The quantitative estimate of drug-likeness (QED) is 0.787. The summed E-state index contributed by atoms with van der Waals surface area (Å²) in [6, 6.07) is 9.98. The van der Waals surface area contributed by atoms with Crippen molar-refractivity contribution in [2.45, 2.75) is 13.5 Å². The molecule has 0 amide bonds. The number of aromatic nitrogens is 3. The second-order valence-electron chi connectivity index (χ2n) is 4.54. The molecule has 0 radical (unpaired) electrons. The lowest BCUT2D eigenvalue weighted by atomic mass is 10.0. The van der Waals surface area contributed by atoms with Gasteiger partial charge in [-0.3, -0.25) is 4.98 Å². The lowest BCUT2D eigenvalue weighted by Gasteiger charge is -2.12. The summed E-state index contributed by atoms with van der Waals surface area (Å²) in [4.78, 5) is 11.3. The second kappa shape index (κ2) is 5.57. The third-order valence-corrected chi connectivity index (χ3v) is 3.15. The third kappa shape index (κ3) is 2.54. The molecule has 3 rings (SSSR count). The number of benzene rings is 1. The number of pyridine rings is 1. The molecule has 0 spiro atoms. The van der Waals surface area contributed by atoms with Crippen LogP contribution in [0.15, 0.2) is 55.2 Å². The highest BCUT2D eigenvalue weighted by Crippen LogP contribution is 2.31. The molecular weight excluding hydrogens is 250 g/mol. The molecule has 3 aromatic rings. The number of aryl methyl sites for hydroxylation is 1. The molecule has 0 saturated heterocycles. The highest BCUT2D eigenvalue weighted by Gasteiger charge is 2.08. The molecule has 1 aromatic carbocycles. The number of nitrogens with one attached hydrogen (secondary N) is 1. The predicted molar refractivity (Wildman–Crippen MR) is 77.3 cm³/mol. The Labute approximate surface area is 117 Å². The van der Waals surface area contributed by atoms with Gasteiger partial charge in [0.25, 0.3) is 0 Å². The molecule has 100 valence electrons.